The molecule has 0 radical (unpaired) electrons. The van der Waals surface area contributed by atoms with Crippen molar-refractivity contribution in [3.63, 3.8) is 0 Å². The van der Waals surface area contributed by atoms with Crippen LogP contribution in [0.5, 0.6) is 11.5 Å². The Labute approximate surface area is 305 Å². The summed E-state index contributed by atoms with van der Waals surface area (Å²) in [7, 11) is 0. The fraction of sp³-hybridized carbons (Fsp3) is 0.178. The lowest BCUT2D eigenvalue weighted by Crippen LogP contribution is -2.25. The van der Waals surface area contributed by atoms with Gasteiger partial charge in [0.1, 0.15) is 17.3 Å². The second-order valence-corrected chi connectivity index (χ2v) is 13.4. The highest BCUT2D eigenvalue weighted by molar-refractivity contribution is 6.09. The van der Waals surface area contributed by atoms with Crippen LogP contribution in [0.3, 0.4) is 0 Å². The van der Waals surface area contributed by atoms with Gasteiger partial charge in [-0.3, -0.25) is 4.57 Å². The summed E-state index contributed by atoms with van der Waals surface area (Å²) < 4.78 is 75.6. The second-order valence-electron chi connectivity index (χ2n) is 13.4. The Kier molecular flexibility index (Phi) is 5.77. The smallest absolute Gasteiger partial charge is 0.137 e. The number of pyridine rings is 1. The Morgan fingerprint density at radius 1 is 0.620 bits per heavy atom. The Balaban J connectivity index is 1.11. The first kappa shape index (κ1) is 23.5. The van der Waals surface area contributed by atoms with Crippen LogP contribution in [0.4, 0.5) is 11.4 Å². The van der Waals surface area contributed by atoms with Gasteiger partial charge in [-0.25, -0.2) is 4.98 Å². The van der Waals surface area contributed by atoms with Crippen molar-refractivity contribution in [2.24, 2.45) is 0 Å². The molecular formula is C45H42N4O. The molecule has 3 heterocycles. The van der Waals surface area contributed by atoms with Crippen LogP contribution in [0.15, 0.2) is 152 Å². The van der Waals surface area contributed by atoms with Crippen LogP contribution < -0.4 is 14.5 Å². The SMILES string of the molecule is [2H]C1=C([2H])N(c2cccc(C(C)(C)c3ccccc3)c2)CN1c1cccc(Oc2ccc3c4ccccc4n(-c4cc(C(C)(C([2H])([2H])[2H])C([2H])([2H])[2H])ccn4)c3c2)c1. The number of benzene rings is 5. The fourth-order valence-corrected chi connectivity index (χ4v) is 6.67. The molecule has 0 aliphatic carbocycles. The molecule has 1 aliphatic rings. The van der Waals surface area contributed by atoms with Gasteiger partial charge in [-0.15, -0.1) is 0 Å². The molecule has 5 aromatic carbocycles. The third-order valence-corrected chi connectivity index (χ3v) is 9.54. The number of fused-ring (bicyclic) bond motifs is 3. The number of aromatic nitrogens is 2. The van der Waals surface area contributed by atoms with Gasteiger partial charge in [-0.1, -0.05) is 101 Å². The average Bonchev–Trinajstić information content (AvgIpc) is 3.69. The van der Waals surface area contributed by atoms with E-state index in [4.69, 9.17) is 15.7 Å². The lowest BCUT2D eigenvalue weighted by atomic mass is 9.78. The minimum atomic E-state index is -2.82. The molecule has 5 heteroatoms. The molecule has 0 atom stereocenters. The first-order valence-corrected chi connectivity index (χ1v) is 16.7. The number of hydrogen-bond acceptors (Lipinski definition) is 4. The van der Waals surface area contributed by atoms with E-state index in [9.17, 15) is 0 Å². The summed E-state index contributed by atoms with van der Waals surface area (Å²) >= 11 is 0. The molecule has 5 nitrogen and oxygen atoms in total. The monoisotopic (exact) mass is 662 g/mol. The van der Waals surface area contributed by atoms with Crippen molar-refractivity contribution in [3.05, 3.63) is 169 Å². The highest BCUT2D eigenvalue weighted by Crippen LogP contribution is 2.37. The van der Waals surface area contributed by atoms with E-state index in [1.165, 1.54) is 24.8 Å². The highest BCUT2D eigenvalue weighted by Gasteiger charge is 2.25. The minimum absolute atomic E-state index is 0.0682. The van der Waals surface area contributed by atoms with Crippen LogP contribution in [-0.2, 0) is 10.8 Å². The van der Waals surface area contributed by atoms with Gasteiger partial charge in [0, 0.05) is 66.5 Å². The molecule has 0 spiro atoms. The van der Waals surface area contributed by atoms with Gasteiger partial charge in [-0.2, -0.15) is 0 Å². The maximum atomic E-state index is 8.95. The predicted molar refractivity (Wildman–Crippen MR) is 208 cm³/mol. The molecule has 8 rings (SSSR count). The van der Waals surface area contributed by atoms with Crippen molar-refractivity contribution in [2.45, 2.75) is 45.3 Å². The minimum Gasteiger partial charge on any atom is -0.457 e. The molecule has 50 heavy (non-hydrogen) atoms. The van der Waals surface area contributed by atoms with Crippen LogP contribution in [-0.4, -0.2) is 16.2 Å². The number of hydrogen-bond donors (Lipinski definition) is 0. The van der Waals surface area contributed by atoms with Crippen LogP contribution in [0, 0.1) is 0 Å². The predicted octanol–water partition coefficient (Wildman–Crippen LogP) is 11.3. The molecule has 0 bridgehead atoms. The van der Waals surface area contributed by atoms with E-state index in [1.54, 1.807) is 11.0 Å². The van der Waals surface area contributed by atoms with Crippen molar-refractivity contribution in [1.82, 2.24) is 9.55 Å². The number of rotatable bonds is 7. The summed E-state index contributed by atoms with van der Waals surface area (Å²) in [4.78, 5) is 8.21. The Morgan fingerprint density at radius 2 is 1.30 bits per heavy atom. The van der Waals surface area contributed by atoms with Gasteiger partial charge in [0.25, 0.3) is 0 Å². The summed E-state index contributed by atoms with van der Waals surface area (Å²) in [5, 5.41) is 1.83. The first-order chi connectivity index (χ1) is 27.5. The van der Waals surface area contributed by atoms with E-state index in [0.717, 1.165) is 33.1 Å². The second kappa shape index (κ2) is 12.3. The zero-order valence-corrected chi connectivity index (χ0v) is 28.2. The number of anilines is 2. The Hall–Kier alpha value is -5.81. The largest absolute Gasteiger partial charge is 0.457 e. The lowest BCUT2D eigenvalue weighted by molar-refractivity contribution is 0.483. The molecule has 0 saturated heterocycles. The fourth-order valence-electron chi connectivity index (χ4n) is 6.67. The van der Waals surface area contributed by atoms with Crippen LogP contribution in [0.2, 0.25) is 0 Å². The summed E-state index contributed by atoms with van der Waals surface area (Å²) in [5.41, 5.74) is 3.08. The van der Waals surface area contributed by atoms with E-state index in [2.05, 4.69) is 43.1 Å². The van der Waals surface area contributed by atoms with Gasteiger partial charge in [0.15, 0.2) is 0 Å². The number of nitrogens with zero attached hydrogens (tertiary/aromatic N) is 4. The van der Waals surface area contributed by atoms with Gasteiger partial charge in [-0.05, 0) is 76.7 Å². The lowest BCUT2D eigenvalue weighted by Gasteiger charge is -2.28. The molecule has 248 valence electrons. The molecule has 0 unspecified atom stereocenters. The van der Waals surface area contributed by atoms with Gasteiger partial charge in [0.05, 0.1) is 20.4 Å². The molecule has 0 saturated carbocycles. The van der Waals surface area contributed by atoms with Crippen molar-refractivity contribution in [1.29, 1.82) is 0 Å². The summed E-state index contributed by atoms with van der Waals surface area (Å²) in [6.07, 6.45) is 1.61. The molecule has 0 fully saturated rings. The molecule has 0 amide bonds. The Morgan fingerprint density at radius 3 is 2.10 bits per heavy atom. The van der Waals surface area contributed by atoms with E-state index in [-0.39, 0.29) is 30.0 Å². The molecule has 7 aromatic rings. The third-order valence-electron chi connectivity index (χ3n) is 9.54. The van der Waals surface area contributed by atoms with Crippen molar-refractivity contribution < 1.29 is 15.7 Å². The summed E-state index contributed by atoms with van der Waals surface area (Å²) in [5.74, 6) is 1.41. The molecule has 0 N–H and O–H groups in total. The highest BCUT2D eigenvalue weighted by atomic mass is 16.5. The van der Waals surface area contributed by atoms with Gasteiger partial charge in [0.2, 0.25) is 0 Å². The Bertz CT molecular complexity index is 2690. The van der Waals surface area contributed by atoms with E-state index in [1.807, 2.05) is 107 Å². The van der Waals surface area contributed by atoms with Crippen molar-refractivity contribution in [3.8, 4) is 17.3 Å². The summed E-state index contributed by atoms with van der Waals surface area (Å²) in [6, 6.07) is 42.4. The van der Waals surface area contributed by atoms with E-state index in [0.29, 0.717) is 23.0 Å². The molecule has 2 aromatic heterocycles. The van der Waals surface area contributed by atoms with Crippen molar-refractivity contribution >= 4 is 33.2 Å². The average molecular weight is 663 g/mol. The standard InChI is InChI=1S/C45H42N4O/c1-44(2,3)33-23-24-46-43(28-33)49-41-20-10-9-19-39(41)40-22-21-38(30-42(40)49)50-37-18-12-17-36(29-37)48-26-25-47(31-48)35-16-11-15-34(27-35)45(4,5)32-13-7-6-8-14-32/h6-30H,31H2,1-5H3/i1D3,2D3,25D,26D. The zero-order valence-electron chi connectivity index (χ0n) is 36.2. The van der Waals surface area contributed by atoms with Gasteiger partial charge >= 0.3 is 0 Å². The maximum absolute atomic E-state index is 8.95. The first-order valence-electron chi connectivity index (χ1n) is 20.7. The van der Waals surface area contributed by atoms with Crippen LogP contribution in [0.25, 0.3) is 27.6 Å². The number of para-hydroxylation sites is 1. The van der Waals surface area contributed by atoms with Crippen molar-refractivity contribution in [2.75, 3.05) is 16.5 Å². The number of ether oxygens (including phenoxy) is 1. The van der Waals surface area contributed by atoms with E-state index >= 15 is 0 Å². The normalized spacial score (nSPS) is 16.7. The molecular weight excluding hydrogens is 613 g/mol. The topological polar surface area (TPSA) is 33.5 Å². The quantitative estimate of drug-likeness (QED) is 0.170. The van der Waals surface area contributed by atoms with Crippen LogP contribution >= 0.6 is 0 Å². The van der Waals surface area contributed by atoms with Gasteiger partial charge < -0.3 is 14.5 Å². The third kappa shape index (κ3) is 5.79. The molecule has 1 aliphatic heterocycles. The zero-order chi connectivity index (χ0) is 41.2. The summed E-state index contributed by atoms with van der Waals surface area (Å²) in [6.45, 7) is 0.269. The van der Waals surface area contributed by atoms with E-state index < -0.39 is 19.1 Å². The van der Waals surface area contributed by atoms with Crippen LogP contribution in [0.1, 0.15) is 62.1 Å². The maximum Gasteiger partial charge on any atom is 0.137 e.